The van der Waals surface area contributed by atoms with Gasteiger partial charge in [-0.1, -0.05) is 36.4 Å². The van der Waals surface area contributed by atoms with E-state index in [4.69, 9.17) is 9.47 Å². The molecule has 0 atom stereocenters. The molecule has 4 rings (SSSR count). The first-order valence-corrected chi connectivity index (χ1v) is 10.5. The van der Waals surface area contributed by atoms with Crippen LogP contribution in [0.25, 0.3) is 6.08 Å². The van der Waals surface area contributed by atoms with Gasteiger partial charge in [-0.25, -0.2) is 5.01 Å². The number of hydrazine groups is 1. The molecule has 172 valence electrons. The molecule has 0 spiro atoms. The zero-order valence-electron chi connectivity index (χ0n) is 18.0. The SMILES string of the molecule is O=C1NN(c2ccccc2)C(=O)C1=Cc1cc([N+](=O)[O-])ccc1OCCCOc1ccccc1. The summed E-state index contributed by atoms with van der Waals surface area (Å²) in [5, 5.41) is 12.4. The lowest BCUT2D eigenvalue weighted by Crippen LogP contribution is -2.35. The van der Waals surface area contributed by atoms with Crippen molar-refractivity contribution < 1.29 is 24.0 Å². The Morgan fingerprint density at radius 2 is 1.59 bits per heavy atom. The molecule has 1 heterocycles. The molecular weight excluding hydrogens is 438 g/mol. The van der Waals surface area contributed by atoms with Gasteiger partial charge >= 0.3 is 0 Å². The molecule has 0 radical (unpaired) electrons. The molecule has 1 saturated heterocycles. The number of para-hydroxylation sites is 2. The first kappa shape index (κ1) is 22.5. The van der Waals surface area contributed by atoms with Crippen LogP contribution in [-0.2, 0) is 9.59 Å². The lowest BCUT2D eigenvalue weighted by molar-refractivity contribution is -0.384. The van der Waals surface area contributed by atoms with Crippen molar-refractivity contribution in [3.05, 3.63) is 100 Å². The van der Waals surface area contributed by atoms with E-state index < -0.39 is 16.7 Å². The van der Waals surface area contributed by atoms with Gasteiger partial charge in [-0.05, 0) is 36.4 Å². The summed E-state index contributed by atoms with van der Waals surface area (Å²) in [5.41, 5.74) is 2.93. The standard InChI is InChI=1S/C25H21N3O6/c29-24-22(25(30)27(26-24)19-8-3-1-4-9-19)17-18-16-20(28(31)32)12-13-23(18)34-15-7-14-33-21-10-5-2-6-11-21/h1-6,8-13,16-17H,7,14-15H2,(H,26,29). The number of rotatable bonds is 9. The Morgan fingerprint density at radius 1 is 0.912 bits per heavy atom. The van der Waals surface area contributed by atoms with Crippen molar-refractivity contribution in [2.75, 3.05) is 18.2 Å². The summed E-state index contributed by atoms with van der Waals surface area (Å²) in [5.74, 6) is -0.110. The van der Waals surface area contributed by atoms with Gasteiger partial charge in [0, 0.05) is 24.1 Å². The van der Waals surface area contributed by atoms with Crippen LogP contribution in [0.2, 0.25) is 0 Å². The van der Waals surface area contributed by atoms with E-state index in [9.17, 15) is 19.7 Å². The van der Waals surface area contributed by atoms with Crippen molar-refractivity contribution in [1.29, 1.82) is 0 Å². The number of carbonyl (C=O) groups is 2. The van der Waals surface area contributed by atoms with Crippen molar-refractivity contribution in [1.82, 2.24) is 5.43 Å². The fourth-order valence-corrected chi connectivity index (χ4v) is 3.31. The summed E-state index contributed by atoms with van der Waals surface area (Å²) < 4.78 is 11.4. The quantitative estimate of drug-likeness (QED) is 0.171. The molecule has 0 aliphatic carbocycles. The number of amides is 2. The third-order valence-electron chi connectivity index (χ3n) is 4.97. The Balaban J connectivity index is 1.50. The number of benzene rings is 3. The van der Waals surface area contributed by atoms with Gasteiger partial charge in [0.15, 0.2) is 0 Å². The van der Waals surface area contributed by atoms with Crippen LogP contribution >= 0.6 is 0 Å². The van der Waals surface area contributed by atoms with Crippen molar-refractivity contribution in [3.8, 4) is 11.5 Å². The lowest BCUT2D eigenvalue weighted by atomic mass is 10.1. The summed E-state index contributed by atoms with van der Waals surface area (Å²) in [6, 6.07) is 22.0. The number of carbonyl (C=O) groups excluding carboxylic acids is 2. The third-order valence-corrected chi connectivity index (χ3v) is 4.97. The van der Waals surface area contributed by atoms with Crippen LogP contribution < -0.4 is 19.9 Å². The molecule has 0 aromatic heterocycles. The summed E-state index contributed by atoms with van der Waals surface area (Å²) in [6.07, 6.45) is 1.87. The summed E-state index contributed by atoms with van der Waals surface area (Å²) in [6.45, 7) is 0.692. The molecule has 1 aliphatic heterocycles. The number of non-ortho nitro benzene ring substituents is 1. The average molecular weight is 459 g/mol. The maximum Gasteiger partial charge on any atom is 0.282 e. The second-order valence-electron chi connectivity index (χ2n) is 7.32. The fourth-order valence-electron chi connectivity index (χ4n) is 3.31. The van der Waals surface area contributed by atoms with E-state index in [2.05, 4.69) is 5.43 Å². The predicted molar refractivity (Wildman–Crippen MR) is 125 cm³/mol. The van der Waals surface area contributed by atoms with Crippen LogP contribution in [0, 0.1) is 10.1 Å². The van der Waals surface area contributed by atoms with Crippen molar-refractivity contribution in [2.24, 2.45) is 0 Å². The predicted octanol–water partition coefficient (Wildman–Crippen LogP) is 3.90. The molecule has 1 N–H and O–H groups in total. The van der Waals surface area contributed by atoms with Crippen LogP contribution in [0.3, 0.4) is 0 Å². The van der Waals surface area contributed by atoms with Gasteiger partial charge in [-0.3, -0.25) is 25.1 Å². The maximum absolute atomic E-state index is 12.9. The number of nitrogens with one attached hydrogen (secondary N) is 1. The number of nitro groups is 1. The average Bonchev–Trinajstić information content (AvgIpc) is 3.14. The minimum atomic E-state index is -0.609. The number of nitrogens with zero attached hydrogens (tertiary/aromatic N) is 2. The Hall–Kier alpha value is -4.66. The summed E-state index contributed by atoms with van der Waals surface area (Å²) >= 11 is 0. The number of anilines is 1. The van der Waals surface area contributed by atoms with Gasteiger partial charge in [0.2, 0.25) is 0 Å². The molecule has 0 unspecified atom stereocenters. The van der Waals surface area contributed by atoms with Crippen LogP contribution in [0.1, 0.15) is 12.0 Å². The summed E-state index contributed by atoms with van der Waals surface area (Å²) in [4.78, 5) is 36.1. The van der Waals surface area contributed by atoms with E-state index in [0.717, 1.165) is 10.8 Å². The second-order valence-corrected chi connectivity index (χ2v) is 7.32. The Labute approximate surface area is 195 Å². The Bertz CT molecular complexity index is 1230. The maximum atomic E-state index is 12.9. The molecule has 2 amide bonds. The minimum absolute atomic E-state index is 0.151. The highest BCUT2D eigenvalue weighted by Gasteiger charge is 2.34. The van der Waals surface area contributed by atoms with Gasteiger partial charge in [-0.2, -0.15) is 0 Å². The van der Waals surface area contributed by atoms with Crippen LogP contribution in [0.4, 0.5) is 11.4 Å². The van der Waals surface area contributed by atoms with E-state index in [1.807, 2.05) is 30.3 Å². The number of nitro benzene ring substituents is 1. The molecule has 34 heavy (non-hydrogen) atoms. The fraction of sp³-hybridized carbons (Fsp3) is 0.120. The molecule has 0 saturated carbocycles. The van der Waals surface area contributed by atoms with Crippen LogP contribution in [-0.4, -0.2) is 30.0 Å². The zero-order chi connectivity index (χ0) is 23.9. The molecular formula is C25H21N3O6. The van der Waals surface area contributed by atoms with E-state index in [0.29, 0.717) is 24.5 Å². The molecule has 1 fully saturated rings. The van der Waals surface area contributed by atoms with E-state index in [1.165, 1.54) is 24.3 Å². The highest BCUT2D eigenvalue weighted by Crippen LogP contribution is 2.29. The highest BCUT2D eigenvalue weighted by molar-refractivity contribution is 6.31. The summed E-state index contributed by atoms with van der Waals surface area (Å²) in [7, 11) is 0. The van der Waals surface area contributed by atoms with Gasteiger partial charge in [0.25, 0.3) is 17.5 Å². The first-order valence-electron chi connectivity index (χ1n) is 10.5. The van der Waals surface area contributed by atoms with Crippen molar-refractivity contribution in [3.63, 3.8) is 0 Å². The molecule has 3 aromatic rings. The smallest absolute Gasteiger partial charge is 0.282 e. The van der Waals surface area contributed by atoms with Crippen molar-refractivity contribution >= 4 is 29.3 Å². The molecule has 3 aromatic carbocycles. The molecule has 0 bridgehead atoms. The molecule has 9 nitrogen and oxygen atoms in total. The van der Waals surface area contributed by atoms with Crippen LogP contribution in [0.5, 0.6) is 11.5 Å². The van der Waals surface area contributed by atoms with E-state index in [1.54, 1.807) is 30.3 Å². The third kappa shape index (κ3) is 5.21. The first-order chi connectivity index (χ1) is 16.5. The monoisotopic (exact) mass is 459 g/mol. The molecule has 9 heteroatoms. The highest BCUT2D eigenvalue weighted by atomic mass is 16.6. The van der Waals surface area contributed by atoms with Crippen molar-refractivity contribution in [2.45, 2.75) is 6.42 Å². The number of hydrogen-bond acceptors (Lipinski definition) is 6. The number of hydrogen-bond donors (Lipinski definition) is 1. The van der Waals surface area contributed by atoms with Gasteiger partial charge < -0.3 is 9.47 Å². The number of ether oxygens (including phenoxy) is 2. The van der Waals surface area contributed by atoms with Gasteiger partial charge in [-0.15, -0.1) is 0 Å². The Morgan fingerprint density at radius 3 is 2.29 bits per heavy atom. The van der Waals surface area contributed by atoms with Gasteiger partial charge in [0.05, 0.1) is 23.8 Å². The topological polar surface area (TPSA) is 111 Å². The van der Waals surface area contributed by atoms with Gasteiger partial charge in [0.1, 0.15) is 17.1 Å². The Kier molecular flexibility index (Phi) is 6.83. The lowest BCUT2D eigenvalue weighted by Gasteiger charge is -2.14. The largest absolute Gasteiger partial charge is 0.493 e. The minimum Gasteiger partial charge on any atom is -0.493 e. The molecule has 1 aliphatic rings. The zero-order valence-corrected chi connectivity index (χ0v) is 18.0. The second kappa shape index (κ2) is 10.3. The normalized spacial score (nSPS) is 14.2. The van der Waals surface area contributed by atoms with E-state index in [-0.39, 0.29) is 23.4 Å². The van der Waals surface area contributed by atoms with Crippen LogP contribution in [0.15, 0.2) is 84.4 Å². The van der Waals surface area contributed by atoms with E-state index >= 15 is 0 Å².